The molecule has 0 heterocycles. The van der Waals surface area contributed by atoms with E-state index in [1.54, 1.807) is 0 Å². The Morgan fingerprint density at radius 3 is 2.74 bits per heavy atom. The van der Waals surface area contributed by atoms with E-state index < -0.39 is 11.5 Å². The molecule has 2 saturated carbocycles. The van der Waals surface area contributed by atoms with Gasteiger partial charge in [0.05, 0.1) is 6.10 Å². The van der Waals surface area contributed by atoms with Crippen LogP contribution in [0.5, 0.6) is 0 Å². The Kier molecular flexibility index (Phi) is 5.22. The molecule has 2 aliphatic carbocycles. The van der Waals surface area contributed by atoms with Crippen LogP contribution in [0, 0.1) is 5.92 Å². The molecule has 0 spiro atoms. The van der Waals surface area contributed by atoms with Crippen LogP contribution in [0.1, 0.15) is 58.3 Å². The lowest BCUT2D eigenvalue weighted by atomic mass is 9.80. The maximum atomic E-state index is 11.5. The summed E-state index contributed by atoms with van der Waals surface area (Å²) in [6.07, 6.45) is 8.62. The Labute approximate surface area is 115 Å². The number of carboxylic acid groups (broad SMARTS) is 1. The van der Waals surface area contributed by atoms with Gasteiger partial charge in [-0.05, 0) is 38.1 Å². The summed E-state index contributed by atoms with van der Waals surface area (Å²) in [5.41, 5.74) is -0.756. The van der Waals surface area contributed by atoms with Gasteiger partial charge in [0.1, 0.15) is 5.54 Å². The number of nitrogens with one attached hydrogen (secondary N) is 1. The summed E-state index contributed by atoms with van der Waals surface area (Å²) in [4.78, 5) is 11.5. The second-order valence-corrected chi connectivity index (χ2v) is 6.09. The molecule has 0 aromatic rings. The number of hydrogen-bond donors (Lipinski definition) is 2. The molecular weight excluding hydrogens is 242 g/mol. The molecule has 2 aliphatic rings. The molecule has 0 aromatic carbocycles. The van der Waals surface area contributed by atoms with Gasteiger partial charge in [0, 0.05) is 13.0 Å². The van der Waals surface area contributed by atoms with Crippen molar-refractivity contribution >= 4 is 5.97 Å². The van der Waals surface area contributed by atoms with Gasteiger partial charge in [0.2, 0.25) is 0 Å². The zero-order chi connectivity index (χ0) is 13.7. The van der Waals surface area contributed by atoms with E-state index in [0.29, 0.717) is 13.0 Å². The van der Waals surface area contributed by atoms with Crippen molar-refractivity contribution < 1.29 is 14.6 Å². The average molecular weight is 269 g/mol. The predicted molar refractivity (Wildman–Crippen MR) is 74.2 cm³/mol. The molecule has 0 aliphatic heterocycles. The van der Waals surface area contributed by atoms with Gasteiger partial charge < -0.3 is 15.2 Å². The van der Waals surface area contributed by atoms with Gasteiger partial charge in [0.25, 0.3) is 0 Å². The van der Waals surface area contributed by atoms with Crippen molar-refractivity contribution in [2.24, 2.45) is 5.92 Å². The van der Waals surface area contributed by atoms with Crippen molar-refractivity contribution in [3.63, 3.8) is 0 Å². The van der Waals surface area contributed by atoms with Gasteiger partial charge in [0.15, 0.2) is 0 Å². The Morgan fingerprint density at radius 1 is 1.37 bits per heavy atom. The molecular formula is C15H27NO3. The van der Waals surface area contributed by atoms with Gasteiger partial charge in [-0.3, -0.25) is 4.79 Å². The highest BCUT2D eigenvalue weighted by Crippen LogP contribution is 2.32. The molecule has 2 fully saturated rings. The number of likely N-dealkylation sites (N-methyl/N-ethyl adjacent to an activating group) is 1. The summed E-state index contributed by atoms with van der Waals surface area (Å²) in [7, 11) is 0. The lowest BCUT2D eigenvalue weighted by Crippen LogP contribution is -2.56. The third-order valence-corrected chi connectivity index (χ3v) is 4.73. The van der Waals surface area contributed by atoms with Crippen molar-refractivity contribution in [1.82, 2.24) is 5.32 Å². The highest BCUT2D eigenvalue weighted by atomic mass is 16.5. The van der Waals surface area contributed by atoms with E-state index in [-0.39, 0.29) is 6.10 Å². The molecule has 2 unspecified atom stereocenters. The van der Waals surface area contributed by atoms with E-state index in [2.05, 4.69) is 5.32 Å². The summed E-state index contributed by atoms with van der Waals surface area (Å²) in [5.74, 6) is 0.142. The van der Waals surface area contributed by atoms with Crippen molar-refractivity contribution in [3.8, 4) is 0 Å². The topological polar surface area (TPSA) is 58.6 Å². The van der Waals surface area contributed by atoms with E-state index in [9.17, 15) is 9.90 Å². The summed E-state index contributed by atoms with van der Waals surface area (Å²) in [6.45, 7) is 3.46. The first kappa shape index (κ1) is 14.8. The van der Waals surface area contributed by atoms with Crippen molar-refractivity contribution in [3.05, 3.63) is 0 Å². The van der Waals surface area contributed by atoms with Crippen LogP contribution in [0.25, 0.3) is 0 Å². The smallest absolute Gasteiger partial charge is 0.323 e. The fraction of sp³-hybridized carbons (Fsp3) is 0.933. The molecule has 0 aromatic heterocycles. The number of carboxylic acids is 1. The van der Waals surface area contributed by atoms with E-state index in [0.717, 1.165) is 38.2 Å². The maximum absolute atomic E-state index is 11.5. The van der Waals surface area contributed by atoms with Crippen LogP contribution in [0.2, 0.25) is 0 Å². The van der Waals surface area contributed by atoms with Gasteiger partial charge in [-0.1, -0.05) is 26.2 Å². The van der Waals surface area contributed by atoms with Gasteiger partial charge >= 0.3 is 5.97 Å². The van der Waals surface area contributed by atoms with Crippen LogP contribution in [-0.4, -0.2) is 35.9 Å². The number of aliphatic carboxylic acids is 1. The summed E-state index contributed by atoms with van der Waals surface area (Å²) >= 11 is 0. The standard InChI is InChI=1S/C15H27NO3/c1-2-16-15(14(17)18)9-4-7-13(11-15)19-10-8-12-5-3-6-12/h12-13,16H,2-11H2,1H3,(H,17,18). The van der Waals surface area contributed by atoms with Crippen LogP contribution >= 0.6 is 0 Å². The van der Waals surface area contributed by atoms with Crippen molar-refractivity contribution in [2.75, 3.05) is 13.2 Å². The summed E-state index contributed by atoms with van der Waals surface area (Å²) in [5, 5.41) is 12.6. The highest BCUT2D eigenvalue weighted by molar-refractivity contribution is 5.79. The van der Waals surface area contributed by atoms with E-state index in [1.165, 1.54) is 19.3 Å². The molecule has 0 bridgehead atoms. The monoisotopic (exact) mass is 269 g/mol. The largest absolute Gasteiger partial charge is 0.480 e. The molecule has 0 saturated heterocycles. The fourth-order valence-electron chi connectivity index (χ4n) is 3.32. The minimum atomic E-state index is -0.756. The zero-order valence-corrected chi connectivity index (χ0v) is 12.0. The van der Waals surface area contributed by atoms with Gasteiger partial charge in [-0.15, -0.1) is 0 Å². The van der Waals surface area contributed by atoms with Crippen LogP contribution in [0.4, 0.5) is 0 Å². The Morgan fingerprint density at radius 2 is 2.16 bits per heavy atom. The Bertz CT molecular complexity index is 300. The molecule has 0 radical (unpaired) electrons. The lowest BCUT2D eigenvalue weighted by molar-refractivity contribution is -0.149. The Balaban J connectivity index is 1.79. The van der Waals surface area contributed by atoms with Crippen LogP contribution in [0.3, 0.4) is 0 Å². The molecule has 4 nitrogen and oxygen atoms in total. The van der Waals surface area contributed by atoms with Crippen molar-refractivity contribution in [1.29, 1.82) is 0 Å². The van der Waals surface area contributed by atoms with Crippen LogP contribution < -0.4 is 5.32 Å². The first-order valence-corrected chi connectivity index (χ1v) is 7.76. The first-order chi connectivity index (χ1) is 9.16. The molecule has 2 atom stereocenters. The number of ether oxygens (including phenoxy) is 1. The number of hydrogen-bond acceptors (Lipinski definition) is 3. The molecule has 19 heavy (non-hydrogen) atoms. The quantitative estimate of drug-likeness (QED) is 0.746. The number of carbonyl (C=O) groups is 1. The van der Waals surface area contributed by atoms with E-state index in [1.807, 2.05) is 6.92 Å². The molecule has 2 rings (SSSR count). The Hall–Kier alpha value is -0.610. The van der Waals surface area contributed by atoms with Crippen LogP contribution in [0.15, 0.2) is 0 Å². The first-order valence-electron chi connectivity index (χ1n) is 7.76. The molecule has 110 valence electrons. The summed E-state index contributed by atoms with van der Waals surface area (Å²) in [6, 6.07) is 0. The van der Waals surface area contributed by atoms with E-state index >= 15 is 0 Å². The summed E-state index contributed by atoms with van der Waals surface area (Å²) < 4.78 is 5.94. The SMILES string of the molecule is CCNC1(C(=O)O)CCCC(OCCC2CCC2)C1. The third kappa shape index (κ3) is 3.69. The lowest BCUT2D eigenvalue weighted by Gasteiger charge is -2.38. The molecule has 2 N–H and O–H groups in total. The molecule has 4 heteroatoms. The van der Waals surface area contributed by atoms with Gasteiger partial charge in [-0.2, -0.15) is 0 Å². The highest BCUT2D eigenvalue weighted by Gasteiger charge is 2.42. The fourth-order valence-corrected chi connectivity index (χ4v) is 3.32. The van der Waals surface area contributed by atoms with Crippen molar-refractivity contribution in [2.45, 2.75) is 69.9 Å². The van der Waals surface area contributed by atoms with Crippen LogP contribution in [-0.2, 0) is 9.53 Å². The average Bonchev–Trinajstić information content (AvgIpc) is 2.33. The van der Waals surface area contributed by atoms with Gasteiger partial charge in [-0.25, -0.2) is 0 Å². The molecule has 0 amide bonds. The number of rotatable bonds is 7. The predicted octanol–water partition coefficient (Wildman–Crippen LogP) is 2.57. The van der Waals surface area contributed by atoms with E-state index in [4.69, 9.17) is 4.74 Å². The second-order valence-electron chi connectivity index (χ2n) is 6.09. The normalized spacial score (nSPS) is 31.9. The third-order valence-electron chi connectivity index (χ3n) is 4.73. The maximum Gasteiger partial charge on any atom is 0.323 e. The second kappa shape index (κ2) is 6.71. The zero-order valence-electron chi connectivity index (χ0n) is 12.0. The minimum absolute atomic E-state index is 0.115. The minimum Gasteiger partial charge on any atom is -0.480 e.